The number of ether oxygens (including phenoxy) is 4. The van der Waals surface area contributed by atoms with Gasteiger partial charge in [0.05, 0.1) is 18.5 Å². The number of hydrogen-bond donors (Lipinski definition) is 2. The summed E-state index contributed by atoms with van der Waals surface area (Å²) in [7, 11) is 1.24. The molecule has 1 saturated carbocycles. The van der Waals surface area contributed by atoms with E-state index in [1.54, 1.807) is 13.8 Å². The number of para-hydroxylation sites is 1. The van der Waals surface area contributed by atoms with E-state index in [0.29, 0.717) is 35.1 Å². The van der Waals surface area contributed by atoms with E-state index in [-0.39, 0.29) is 11.8 Å². The number of amides is 1. The van der Waals surface area contributed by atoms with Gasteiger partial charge in [0.1, 0.15) is 29.8 Å². The van der Waals surface area contributed by atoms with Gasteiger partial charge in [-0.3, -0.25) is 0 Å². The average molecular weight is 465 g/mol. The summed E-state index contributed by atoms with van der Waals surface area (Å²) in [5.74, 6) is 0.451. The normalized spacial score (nSPS) is 17.6. The molecule has 8 nitrogen and oxygen atoms in total. The third kappa shape index (κ3) is 5.51. The number of nitrogens with one attached hydrogen (secondary N) is 2. The van der Waals surface area contributed by atoms with Gasteiger partial charge in [0.25, 0.3) is 0 Å². The lowest BCUT2D eigenvalue weighted by molar-refractivity contribution is 0.0886. The standard InChI is InChI=1S/C26H28N2O6/c1-16-23(33-25(29)28-19-13-14-19)22(24(17(2)27-16)34-26(30)31-3)20-11-7-8-12-21(20)32-15-18-9-5-4-6-10-18/h4-12,19,22,27H,13-15H2,1-3H3,(H,28,29). The Labute approximate surface area is 198 Å². The number of dihydropyridines is 1. The highest BCUT2D eigenvalue weighted by atomic mass is 16.7. The topological polar surface area (TPSA) is 95.1 Å². The van der Waals surface area contributed by atoms with E-state index in [1.807, 2.05) is 54.6 Å². The zero-order valence-electron chi connectivity index (χ0n) is 19.4. The van der Waals surface area contributed by atoms with E-state index in [2.05, 4.69) is 10.6 Å². The minimum Gasteiger partial charge on any atom is -0.489 e. The van der Waals surface area contributed by atoms with E-state index in [9.17, 15) is 9.59 Å². The second kappa shape index (κ2) is 10.3. The molecular formula is C26H28N2O6. The summed E-state index contributed by atoms with van der Waals surface area (Å²) < 4.78 is 22.2. The number of methoxy groups -OCH3 is 1. The van der Waals surface area contributed by atoms with Crippen LogP contribution >= 0.6 is 0 Å². The van der Waals surface area contributed by atoms with Gasteiger partial charge in [-0.2, -0.15) is 0 Å². The molecule has 178 valence electrons. The molecule has 2 aromatic rings. The Morgan fingerprint density at radius 3 is 2.26 bits per heavy atom. The maximum absolute atomic E-state index is 12.6. The molecule has 1 aliphatic heterocycles. The Bertz CT molecular complexity index is 1120. The fraction of sp³-hybridized carbons (Fsp3) is 0.308. The van der Waals surface area contributed by atoms with Crippen LogP contribution in [0.3, 0.4) is 0 Å². The molecule has 1 fully saturated rings. The first-order valence-electron chi connectivity index (χ1n) is 11.1. The first kappa shape index (κ1) is 23.2. The van der Waals surface area contributed by atoms with Crippen LogP contribution in [0.4, 0.5) is 9.59 Å². The third-order valence-corrected chi connectivity index (χ3v) is 5.57. The van der Waals surface area contributed by atoms with Crippen LogP contribution in [0.15, 0.2) is 77.5 Å². The largest absolute Gasteiger partial charge is 0.513 e. The van der Waals surface area contributed by atoms with Crippen molar-refractivity contribution in [2.24, 2.45) is 0 Å². The molecule has 2 N–H and O–H groups in total. The van der Waals surface area contributed by atoms with Crippen molar-refractivity contribution in [1.29, 1.82) is 0 Å². The lowest BCUT2D eigenvalue weighted by atomic mass is 9.90. The second-order valence-electron chi connectivity index (χ2n) is 8.21. The van der Waals surface area contributed by atoms with Crippen LogP contribution in [0.1, 0.15) is 43.7 Å². The van der Waals surface area contributed by atoms with Crippen molar-refractivity contribution in [3.63, 3.8) is 0 Å². The summed E-state index contributed by atoms with van der Waals surface area (Å²) >= 11 is 0. The van der Waals surface area contributed by atoms with Crippen LogP contribution in [-0.2, 0) is 20.8 Å². The number of hydrogen-bond acceptors (Lipinski definition) is 7. The van der Waals surface area contributed by atoms with Gasteiger partial charge in [-0.1, -0.05) is 48.5 Å². The highest BCUT2D eigenvalue weighted by molar-refractivity contribution is 5.70. The van der Waals surface area contributed by atoms with E-state index in [4.69, 9.17) is 18.9 Å². The molecule has 0 aromatic heterocycles. The monoisotopic (exact) mass is 464 g/mol. The van der Waals surface area contributed by atoms with E-state index in [0.717, 1.165) is 18.4 Å². The molecule has 8 heteroatoms. The molecule has 0 saturated heterocycles. The van der Waals surface area contributed by atoms with Gasteiger partial charge < -0.3 is 29.6 Å². The number of alkyl carbamates (subject to hydrolysis) is 1. The minimum atomic E-state index is -0.870. The molecule has 1 atom stereocenters. The van der Waals surface area contributed by atoms with E-state index >= 15 is 0 Å². The van der Waals surface area contributed by atoms with Crippen LogP contribution in [0.5, 0.6) is 5.75 Å². The quantitative estimate of drug-likeness (QED) is 0.551. The van der Waals surface area contributed by atoms with Gasteiger partial charge in [0.2, 0.25) is 0 Å². The van der Waals surface area contributed by atoms with Crippen LogP contribution < -0.4 is 15.4 Å². The Kier molecular flexibility index (Phi) is 7.06. The van der Waals surface area contributed by atoms with Crippen molar-refractivity contribution in [1.82, 2.24) is 10.6 Å². The summed E-state index contributed by atoms with van der Waals surface area (Å²) in [4.78, 5) is 24.7. The Hall–Kier alpha value is -3.94. The Balaban J connectivity index is 1.70. The van der Waals surface area contributed by atoms with Crippen LogP contribution in [0.25, 0.3) is 0 Å². The van der Waals surface area contributed by atoms with Crippen LogP contribution in [-0.4, -0.2) is 25.4 Å². The minimum absolute atomic E-state index is 0.132. The molecule has 1 amide bonds. The SMILES string of the molecule is COC(=O)OC1=C(C)NC(C)=C(OC(=O)NC2CC2)C1c1ccccc1OCc1ccccc1. The molecule has 4 rings (SSSR count). The first-order valence-corrected chi connectivity index (χ1v) is 11.1. The zero-order chi connectivity index (χ0) is 24.1. The predicted octanol–water partition coefficient (Wildman–Crippen LogP) is 5.09. The van der Waals surface area contributed by atoms with Crippen LogP contribution in [0.2, 0.25) is 0 Å². The predicted molar refractivity (Wildman–Crippen MR) is 125 cm³/mol. The van der Waals surface area contributed by atoms with Crippen LogP contribution in [0, 0.1) is 0 Å². The highest BCUT2D eigenvalue weighted by Crippen LogP contribution is 2.43. The van der Waals surface area contributed by atoms with Gasteiger partial charge >= 0.3 is 12.2 Å². The molecule has 1 unspecified atom stereocenters. The van der Waals surface area contributed by atoms with Gasteiger partial charge in [0, 0.05) is 11.6 Å². The smallest absolute Gasteiger partial charge is 0.489 e. The van der Waals surface area contributed by atoms with Crippen molar-refractivity contribution in [3.05, 3.63) is 88.6 Å². The number of rotatable bonds is 7. The maximum Gasteiger partial charge on any atom is 0.513 e. The summed E-state index contributed by atoms with van der Waals surface area (Å²) in [6, 6.07) is 17.3. The molecule has 34 heavy (non-hydrogen) atoms. The van der Waals surface area contributed by atoms with Crippen molar-refractivity contribution in [2.45, 2.75) is 45.3 Å². The molecule has 0 radical (unpaired) electrons. The second-order valence-corrected chi connectivity index (χ2v) is 8.21. The van der Waals surface area contributed by atoms with E-state index < -0.39 is 18.2 Å². The number of carbonyl (C=O) groups is 2. The Morgan fingerprint density at radius 2 is 1.59 bits per heavy atom. The molecule has 0 spiro atoms. The fourth-order valence-electron chi connectivity index (χ4n) is 3.75. The lowest BCUT2D eigenvalue weighted by Crippen LogP contribution is -2.32. The number of benzene rings is 2. The van der Waals surface area contributed by atoms with E-state index in [1.165, 1.54) is 7.11 Å². The third-order valence-electron chi connectivity index (χ3n) is 5.57. The fourth-order valence-corrected chi connectivity index (χ4v) is 3.75. The Morgan fingerprint density at radius 1 is 0.941 bits per heavy atom. The molecular weight excluding hydrogens is 436 g/mol. The lowest BCUT2D eigenvalue weighted by Gasteiger charge is -2.31. The van der Waals surface area contributed by atoms with Gasteiger partial charge in [-0.05, 0) is 38.3 Å². The van der Waals surface area contributed by atoms with Crippen molar-refractivity contribution < 1.29 is 28.5 Å². The number of carbonyl (C=O) groups excluding carboxylic acids is 2. The average Bonchev–Trinajstić information content (AvgIpc) is 3.65. The van der Waals surface area contributed by atoms with Gasteiger partial charge in [0.15, 0.2) is 0 Å². The first-order chi connectivity index (χ1) is 16.5. The van der Waals surface area contributed by atoms with Gasteiger partial charge in [-0.15, -0.1) is 0 Å². The molecule has 2 aliphatic rings. The van der Waals surface area contributed by atoms with Gasteiger partial charge in [-0.25, -0.2) is 9.59 Å². The van der Waals surface area contributed by atoms with Crippen molar-refractivity contribution in [3.8, 4) is 5.75 Å². The highest BCUT2D eigenvalue weighted by Gasteiger charge is 2.37. The maximum atomic E-state index is 12.6. The van der Waals surface area contributed by atoms with Crippen molar-refractivity contribution >= 4 is 12.2 Å². The summed E-state index contributed by atoms with van der Waals surface area (Å²) in [5.41, 5.74) is 2.92. The zero-order valence-corrected chi connectivity index (χ0v) is 19.4. The molecule has 1 heterocycles. The molecule has 1 aliphatic carbocycles. The number of allylic oxidation sites excluding steroid dienone is 2. The van der Waals surface area contributed by atoms with Crippen molar-refractivity contribution in [2.75, 3.05) is 7.11 Å². The summed E-state index contributed by atoms with van der Waals surface area (Å²) in [6.07, 6.45) is 0.440. The summed E-state index contributed by atoms with van der Waals surface area (Å²) in [5, 5.41) is 5.97. The molecule has 2 aromatic carbocycles. The molecule has 0 bridgehead atoms. The summed E-state index contributed by atoms with van der Waals surface area (Å²) in [6.45, 7) is 3.93.